The number of methoxy groups -OCH3 is 1. The zero-order valence-electron chi connectivity index (χ0n) is 8.81. The molecule has 0 unspecified atom stereocenters. The minimum atomic E-state index is -3.71. The Labute approximate surface area is 103 Å². The van der Waals surface area contributed by atoms with Gasteiger partial charge in [0.25, 0.3) is 0 Å². The van der Waals surface area contributed by atoms with E-state index in [1.54, 1.807) is 0 Å². The third-order valence-corrected chi connectivity index (χ3v) is 3.71. The van der Waals surface area contributed by atoms with Crippen molar-refractivity contribution in [2.45, 2.75) is 0 Å². The van der Waals surface area contributed by atoms with Crippen LogP contribution >= 0.6 is 12.6 Å². The molecule has 0 atom stereocenters. The molecule has 5 nitrogen and oxygen atoms in total. The zero-order valence-corrected chi connectivity index (χ0v) is 10.5. The SMILES string of the molecule is COC(=O)c1ccc(F)cc1NS(=O)(=O)CS. The Morgan fingerprint density at radius 2 is 2.18 bits per heavy atom. The lowest BCUT2D eigenvalue weighted by atomic mass is 10.2. The summed E-state index contributed by atoms with van der Waals surface area (Å²) in [4.78, 5) is 11.3. The first-order valence-electron chi connectivity index (χ1n) is 4.39. The van der Waals surface area contributed by atoms with Crippen LogP contribution in [0.5, 0.6) is 0 Å². The number of esters is 1. The van der Waals surface area contributed by atoms with E-state index in [1.165, 1.54) is 0 Å². The third kappa shape index (κ3) is 3.60. The van der Waals surface area contributed by atoms with E-state index in [4.69, 9.17) is 0 Å². The van der Waals surface area contributed by atoms with E-state index >= 15 is 0 Å². The lowest BCUT2D eigenvalue weighted by Crippen LogP contribution is -2.16. The van der Waals surface area contributed by atoms with Crippen molar-refractivity contribution in [1.29, 1.82) is 0 Å². The van der Waals surface area contributed by atoms with Gasteiger partial charge < -0.3 is 4.74 Å². The first-order chi connectivity index (χ1) is 7.89. The molecular formula is C9H10FNO4S2. The fraction of sp³-hybridized carbons (Fsp3) is 0.222. The number of carbonyl (C=O) groups excluding carboxylic acids is 1. The molecule has 0 heterocycles. The summed E-state index contributed by atoms with van der Waals surface area (Å²) in [6, 6.07) is 3.07. The van der Waals surface area contributed by atoms with Crippen LogP contribution in [-0.4, -0.2) is 26.6 Å². The molecule has 0 aromatic heterocycles. The standard InChI is InChI=1S/C9H10FNO4S2/c1-15-9(12)7-3-2-6(10)4-8(7)11-17(13,14)5-16/h2-4,11,16H,5H2,1H3. The Morgan fingerprint density at radius 1 is 1.53 bits per heavy atom. The number of hydrogen-bond donors (Lipinski definition) is 2. The molecule has 94 valence electrons. The van der Waals surface area contributed by atoms with Gasteiger partial charge in [0.15, 0.2) is 0 Å². The largest absolute Gasteiger partial charge is 0.465 e. The Morgan fingerprint density at radius 3 is 2.71 bits per heavy atom. The number of benzene rings is 1. The van der Waals surface area contributed by atoms with Gasteiger partial charge in [-0.3, -0.25) is 4.72 Å². The molecule has 0 saturated heterocycles. The van der Waals surface area contributed by atoms with Crippen LogP contribution in [0, 0.1) is 5.82 Å². The summed E-state index contributed by atoms with van der Waals surface area (Å²) < 4.78 is 42.0. The van der Waals surface area contributed by atoms with Crippen LogP contribution in [0.25, 0.3) is 0 Å². The van der Waals surface area contributed by atoms with Crippen LogP contribution in [0.15, 0.2) is 18.2 Å². The molecule has 0 amide bonds. The van der Waals surface area contributed by atoms with E-state index < -0.39 is 26.9 Å². The van der Waals surface area contributed by atoms with Crippen LogP contribution in [-0.2, 0) is 14.8 Å². The van der Waals surface area contributed by atoms with Gasteiger partial charge in [0, 0.05) is 0 Å². The van der Waals surface area contributed by atoms with E-state index in [1.807, 2.05) is 4.72 Å². The second-order valence-corrected chi connectivity index (χ2v) is 5.49. The number of thiol groups is 1. The Kier molecular flexibility index (Phi) is 4.35. The minimum absolute atomic E-state index is 0.0701. The molecule has 0 fully saturated rings. The minimum Gasteiger partial charge on any atom is -0.465 e. The van der Waals surface area contributed by atoms with Crippen molar-refractivity contribution in [3.8, 4) is 0 Å². The molecule has 1 aromatic rings. The second kappa shape index (κ2) is 5.37. The van der Waals surface area contributed by atoms with E-state index in [9.17, 15) is 17.6 Å². The molecule has 1 aromatic carbocycles. The van der Waals surface area contributed by atoms with Gasteiger partial charge in [0.2, 0.25) is 10.0 Å². The predicted molar refractivity (Wildman–Crippen MR) is 64.1 cm³/mol. The number of sulfonamides is 1. The Bertz CT molecular complexity index is 530. The van der Waals surface area contributed by atoms with Gasteiger partial charge in [-0.25, -0.2) is 17.6 Å². The van der Waals surface area contributed by atoms with Crippen molar-refractivity contribution in [2.24, 2.45) is 0 Å². The maximum atomic E-state index is 13.0. The summed E-state index contributed by atoms with van der Waals surface area (Å²) in [5, 5.41) is -0.482. The summed E-state index contributed by atoms with van der Waals surface area (Å²) in [5.41, 5.74) is -0.245. The van der Waals surface area contributed by atoms with Crippen LogP contribution in [0.3, 0.4) is 0 Å². The monoisotopic (exact) mass is 279 g/mol. The molecule has 0 aliphatic heterocycles. The van der Waals surface area contributed by atoms with Crippen molar-refractivity contribution in [3.05, 3.63) is 29.6 Å². The number of nitrogens with one attached hydrogen (secondary N) is 1. The van der Waals surface area contributed by atoms with Gasteiger partial charge in [-0.15, -0.1) is 0 Å². The highest BCUT2D eigenvalue weighted by molar-refractivity contribution is 8.04. The summed E-state index contributed by atoms with van der Waals surface area (Å²) in [6.07, 6.45) is 0. The first kappa shape index (κ1) is 13.8. The summed E-state index contributed by atoms with van der Waals surface area (Å²) in [5.74, 6) is -1.43. The molecule has 0 aliphatic carbocycles. The maximum absolute atomic E-state index is 13.0. The van der Waals surface area contributed by atoms with Crippen molar-refractivity contribution in [3.63, 3.8) is 0 Å². The number of carbonyl (C=O) groups is 1. The fourth-order valence-corrected chi connectivity index (χ4v) is 1.85. The van der Waals surface area contributed by atoms with Crippen molar-refractivity contribution in [1.82, 2.24) is 0 Å². The highest BCUT2D eigenvalue weighted by atomic mass is 32.3. The van der Waals surface area contributed by atoms with Gasteiger partial charge in [-0.05, 0) is 18.2 Å². The Hall–Kier alpha value is -1.28. The second-order valence-electron chi connectivity index (χ2n) is 3.03. The van der Waals surface area contributed by atoms with E-state index in [2.05, 4.69) is 17.4 Å². The fourth-order valence-electron chi connectivity index (χ4n) is 1.09. The van der Waals surface area contributed by atoms with Gasteiger partial charge in [-0.1, -0.05) is 0 Å². The lowest BCUT2D eigenvalue weighted by molar-refractivity contribution is 0.0602. The smallest absolute Gasteiger partial charge is 0.339 e. The molecule has 0 saturated carbocycles. The topological polar surface area (TPSA) is 72.5 Å². The molecule has 0 aliphatic rings. The first-order valence-corrected chi connectivity index (χ1v) is 6.67. The third-order valence-electron chi connectivity index (χ3n) is 1.82. The summed E-state index contributed by atoms with van der Waals surface area (Å²) in [6.45, 7) is 0. The van der Waals surface area contributed by atoms with Gasteiger partial charge >= 0.3 is 5.97 Å². The Balaban J connectivity index is 3.21. The number of anilines is 1. The van der Waals surface area contributed by atoms with Crippen LogP contribution < -0.4 is 4.72 Å². The molecule has 0 spiro atoms. The molecule has 0 bridgehead atoms. The van der Waals surface area contributed by atoms with Gasteiger partial charge in [0.05, 0.1) is 18.4 Å². The average Bonchev–Trinajstić information content (AvgIpc) is 2.28. The normalized spacial score (nSPS) is 11.0. The molecule has 8 heteroatoms. The van der Waals surface area contributed by atoms with Crippen LogP contribution in [0.4, 0.5) is 10.1 Å². The van der Waals surface area contributed by atoms with Crippen molar-refractivity contribution in [2.75, 3.05) is 16.9 Å². The summed E-state index contributed by atoms with van der Waals surface area (Å²) >= 11 is 3.61. The highest BCUT2D eigenvalue weighted by Crippen LogP contribution is 2.19. The predicted octanol–water partition coefficient (Wildman–Crippen LogP) is 1.24. The van der Waals surface area contributed by atoms with Crippen LogP contribution in [0.2, 0.25) is 0 Å². The quantitative estimate of drug-likeness (QED) is 0.642. The highest BCUT2D eigenvalue weighted by Gasteiger charge is 2.16. The van der Waals surface area contributed by atoms with E-state index in [0.29, 0.717) is 0 Å². The number of halogens is 1. The molecule has 0 radical (unpaired) electrons. The lowest BCUT2D eigenvalue weighted by Gasteiger charge is -2.10. The number of hydrogen-bond acceptors (Lipinski definition) is 5. The molecule has 17 heavy (non-hydrogen) atoms. The van der Waals surface area contributed by atoms with Gasteiger partial charge in [-0.2, -0.15) is 12.6 Å². The molecule has 1 rings (SSSR count). The number of ether oxygens (including phenoxy) is 1. The van der Waals surface area contributed by atoms with Gasteiger partial charge in [0.1, 0.15) is 10.9 Å². The van der Waals surface area contributed by atoms with Crippen LogP contribution in [0.1, 0.15) is 10.4 Å². The molecular weight excluding hydrogens is 269 g/mol. The average molecular weight is 279 g/mol. The molecule has 1 N–H and O–H groups in total. The van der Waals surface area contributed by atoms with Crippen molar-refractivity contribution < 1.29 is 22.3 Å². The maximum Gasteiger partial charge on any atom is 0.339 e. The summed E-state index contributed by atoms with van der Waals surface area (Å²) in [7, 11) is -2.57. The number of rotatable bonds is 4. The van der Waals surface area contributed by atoms with E-state index in [0.717, 1.165) is 25.3 Å². The van der Waals surface area contributed by atoms with Crippen molar-refractivity contribution >= 4 is 34.3 Å². The zero-order chi connectivity index (χ0) is 13.1. The van der Waals surface area contributed by atoms with E-state index in [-0.39, 0.29) is 11.3 Å².